The van der Waals surface area contributed by atoms with Gasteiger partial charge >= 0.3 is 6.98 Å². The Morgan fingerprint density at radius 2 is 1.82 bits per heavy atom. The van der Waals surface area contributed by atoms with Gasteiger partial charge in [-0.3, -0.25) is 0 Å². The minimum atomic E-state index is -4.90. The maximum Gasteiger partial charge on any atom is 0.515 e. The first kappa shape index (κ1) is 13.7. The van der Waals surface area contributed by atoms with Gasteiger partial charge < -0.3 is 22.6 Å². The van der Waals surface area contributed by atoms with E-state index in [0.717, 1.165) is 18.8 Å². The highest BCUT2D eigenvalue weighted by molar-refractivity contribution is 6.58. The summed E-state index contributed by atoms with van der Waals surface area (Å²) >= 11 is 0. The van der Waals surface area contributed by atoms with Crippen LogP contribution in [0.25, 0.3) is 0 Å². The van der Waals surface area contributed by atoms with E-state index in [1.807, 2.05) is 24.8 Å². The van der Waals surface area contributed by atoms with Crippen molar-refractivity contribution in [3.63, 3.8) is 0 Å². The van der Waals surface area contributed by atoms with Gasteiger partial charge in [0, 0.05) is 24.8 Å². The van der Waals surface area contributed by atoms with Gasteiger partial charge in [-0.1, -0.05) is 6.07 Å². The van der Waals surface area contributed by atoms with Crippen molar-refractivity contribution in [3.8, 4) is 5.75 Å². The first-order chi connectivity index (χ1) is 7.96. The molecule has 0 aromatic heterocycles. The Kier molecular flexibility index (Phi) is 4.72. The molecule has 0 fully saturated rings. The molecule has 96 valence electrons. The molecular formula is C11H16BF3NO-. The largest absolute Gasteiger partial charge is 0.522 e. The van der Waals surface area contributed by atoms with E-state index in [2.05, 4.69) is 0 Å². The van der Waals surface area contributed by atoms with Crippen LogP contribution >= 0.6 is 0 Å². The van der Waals surface area contributed by atoms with E-state index >= 15 is 0 Å². The Bertz CT molecular complexity index is 353. The van der Waals surface area contributed by atoms with Gasteiger partial charge in [0.05, 0.1) is 6.51 Å². The lowest BCUT2D eigenvalue weighted by molar-refractivity contribution is 0.313. The highest BCUT2D eigenvalue weighted by Gasteiger charge is 2.24. The van der Waals surface area contributed by atoms with E-state index in [4.69, 9.17) is 4.74 Å². The summed E-state index contributed by atoms with van der Waals surface area (Å²) in [4.78, 5) is 2.05. The lowest BCUT2D eigenvalue weighted by atomic mass is 9.95. The molecule has 0 aliphatic rings. The quantitative estimate of drug-likeness (QED) is 0.714. The molecule has 1 aromatic rings. The van der Waals surface area contributed by atoms with Crippen molar-refractivity contribution in [2.24, 2.45) is 0 Å². The minimum Gasteiger partial charge on any atom is -0.522 e. The molecular weight excluding hydrogens is 230 g/mol. The molecule has 0 unspecified atom stereocenters. The summed E-state index contributed by atoms with van der Waals surface area (Å²) in [5.41, 5.74) is 0.877. The third-order valence-corrected chi connectivity index (χ3v) is 2.39. The Labute approximate surface area is 99.4 Å². The lowest BCUT2D eigenvalue weighted by Crippen LogP contribution is -2.26. The van der Waals surface area contributed by atoms with E-state index in [9.17, 15) is 12.9 Å². The molecule has 0 bridgehead atoms. The van der Waals surface area contributed by atoms with Crippen molar-refractivity contribution in [2.45, 2.75) is 13.8 Å². The first-order valence-electron chi connectivity index (χ1n) is 5.65. The van der Waals surface area contributed by atoms with E-state index < -0.39 is 13.5 Å². The van der Waals surface area contributed by atoms with Gasteiger partial charge in [-0.25, -0.2) is 0 Å². The zero-order valence-electron chi connectivity index (χ0n) is 10.00. The summed E-state index contributed by atoms with van der Waals surface area (Å²) < 4.78 is 40.9. The number of rotatable bonds is 6. The standard InChI is InChI=1S/C11H16BF3NO/c1-3-16(4-2)10-6-5-7-11(8-10)17-9-12(13,14)15/h5-8H,3-4,9H2,1-2H3/q-1. The lowest BCUT2D eigenvalue weighted by Gasteiger charge is -2.22. The maximum absolute atomic E-state index is 12.1. The van der Waals surface area contributed by atoms with E-state index in [1.165, 1.54) is 6.07 Å². The highest BCUT2D eigenvalue weighted by Crippen LogP contribution is 2.22. The van der Waals surface area contributed by atoms with Crippen molar-refractivity contribution in [1.82, 2.24) is 0 Å². The minimum absolute atomic E-state index is 0.258. The van der Waals surface area contributed by atoms with Crippen molar-refractivity contribution < 1.29 is 17.7 Å². The number of nitrogens with zero attached hydrogens (tertiary/aromatic N) is 1. The number of ether oxygens (including phenoxy) is 1. The van der Waals surface area contributed by atoms with Crippen molar-refractivity contribution in [1.29, 1.82) is 0 Å². The Balaban J connectivity index is 2.72. The van der Waals surface area contributed by atoms with Crippen LogP contribution < -0.4 is 9.64 Å². The summed E-state index contributed by atoms with van der Waals surface area (Å²) in [5, 5.41) is 0. The second-order valence-electron chi connectivity index (χ2n) is 3.69. The first-order valence-corrected chi connectivity index (χ1v) is 5.65. The number of halogens is 3. The Morgan fingerprint density at radius 3 is 2.35 bits per heavy atom. The molecule has 0 saturated carbocycles. The fourth-order valence-corrected chi connectivity index (χ4v) is 1.55. The molecule has 0 saturated heterocycles. The molecule has 0 aliphatic heterocycles. The molecule has 6 heteroatoms. The van der Waals surface area contributed by atoms with Crippen LogP contribution in [0, 0.1) is 0 Å². The molecule has 0 atom stereocenters. The van der Waals surface area contributed by atoms with Crippen molar-refractivity contribution in [3.05, 3.63) is 24.3 Å². The fourth-order valence-electron chi connectivity index (χ4n) is 1.55. The van der Waals surface area contributed by atoms with Gasteiger partial charge in [-0.2, -0.15) is 0 Å². The van der Waals surface area contributed by atoms with E-state index in [-0.39, 0.29) is 5.75 Å². The van der Waals surface area contributed by atoms with Crippen LogP contribution in [0.4, 0.5) is 18.6 Å². The number of hydrogen-bond donors (Lipinski definition) is 0. The van der Waals surface area contributed by atoms with Crippen molar-refractivity contribution >= 4 is 12.7 Å². The summed E-state index contributed by atoms with van der Waals surface area (Å²) in [5.74, 6) is 0.258. The van der Waals surface area contributed by atoms with Crippen LogP contribution in [0.3, 0.4) is 0 Å². The summed E-state index contributed by atoms with van der Waals surface area (Å²) in [7, 11) is 0. The molecule has 0 radical (unpaired) electrons. The number of benzene rings is 1. The average molecular weight is 246 g/mol. The third kappa shape index (κ3) is 4.59. The molecule has 2 nitrogen and oxygen atoms in total. The fraction of sp³-hybridized carbons (Fsp3) is 0.455. The SMILES string of the molecule is CCN(CC)c1cccc(OC[B-](F)(F)F)c1. The molecule has 0 amide bonds. The average Bonchev–Trinajstić information content (AvgIpc) is 2.28. The topological polar surface area (TPSA) is 12.5 Å². The third-order valence-electron chi connectivity index (χ3n) is 2.39. The predicted octanol–water partition coefficient (Wildman–Crippen LogP) is 3.30. The van der Waals surface area contributed by atoms with Gasteiger partial charge in [-0.05, 0) is 26.0 Å². The zero-order chi connectivity index (χ0) is 12.9. The Morgan fingerprint density at radius 1 is 1.18 bits per heavy atom. The second-order valence-corrected chi connectivity index (χ2v) is 3.69. The van der Waals surface area contributed by atoms with Crippen LogP contribution in [-0.2, 0) is 0 Å². The van der Waals surface area contributed by atoms with Crippen LogP contribution in [0.1, 0.15) is 13.8 Å². The molecule has 0 aliphatic carbocycles. The Hall–Kier alpha value is -1.33. The van der Waals surface area contributed by atoms with E-state index in [0.29, 0.717) is 0 Å². The molecule has 1 rings (SSSR count). The van der Waals surface area contributed by atoms with Crippen LogP contribution in [0.15, 0.2) is 24.3 Å². The van der Waals surface area contributed by atoms with Gasteiger partial charge in [0.25, 0.3) is 0 Å². The molecule has 0 heterocycles. The highest BCUT2D eigenvalue weighted by atomic mass is 19.4. The summed E-state index contributed by atoms with van der Waals surface area (Å²) in [6, 6.07) is 6.73. The van der Waals surface area contributed by atoms with Gasteiger partial charge in [0.2, 0.25) is 0 Å². The molecule has 17 heavy (non-hydrogen) atoms. The molecule has 1 aromatic carbocycles. The second kappa shape index (κ2) is 5.84. The number of hydrogen-bond acceptors (Lipinski definition) is 2. The molecule has 0 N–H and O–H groups in total. The summed E-state index contributed by atoms with van der Waals surface area (Å²) in [6.45, 7) is -0.485. The smallest absolute Gasteiger partial charge is 0.515 e. The molecule has 0 spiro atoms. The normalized spacial score (nSPS) is 11.4. The zero-order valence-corrected chi connectivity index (χ0v) is 10.00. The van der Waals surface area contributed by atoms with Gasteiger partial charge in [0.1, 0.15) is 5.75 Å². The number of anilines is 1. The van der Waals surface area contributed by atoms with Gasteiger partial charge in [0.15, 0.2) is 0 Å². The van der Waals surface area contributed by atoms with Crippen molar-refractivity contribution in [2.75, 3.05) is 24.5 Å². The predicted molar refractivity (Wildman–Crippen MR) is 64.6 cm³/mol. The summed E-state index contributed by atoms with van der Waals surface area (Å²) in [6.07, 6.45) is 0. The van der Waals surface area contributed by atoms with Crippen LogP contribution in [0.5, 0.6) is 5.75 Å². The van der Waals surface area contributed by atoms with Crippen LogP contribution in [0.2, 0.25) is 0 Å². The van der Waals surface area contributed by atoms with E-state index in [1.54, 1.807) is 12.1 Å². The maximum atomic E-state index is 12.1. The van der Waals surface area contributed by atoms with Crippen LogP contribution in [-0.4, -0.2) is 26.6 Å². The monoisotopic (exact) mass is 246 g/mol. The van der Waals surface area contributed by atoms with Gasteiger partial charge in [-0.15, -0.1) is 0 Å².